The molecule has 2 aromatic rings. The summed E-state index contributed by atoms with van der Waals surface area (Å²) in [4.78, 5) is 15.5. The quantitative estimate of drug-likeness (QED) is 0.946. The number of carboxylic acid groups (broad SMARTS) is 1. The van der Waals surface area contributed by atoms with Gasteiger partial charge in [-0.1, -0.05) is 12.1 Å². The third-order valence-corrected chi connectivity index (χ3v) is 3.77. The highest BCUT2D eigenvalue weighted by molar-refractivity contribution is 5.85. The largest absolute Gasteiger partial charge is 0.497 e. The Morgan fingerprint density at radius 2 is 2.29 bits per heavy atom. The molecular formula is C15H17ClN2O3. The maximum Gasteiger partial charge on any atom is 0.306 e. The summed E-state index contributed by atoms with van der Waals surface area (Å²) in [6.45, 7) is 0.693. The third kappa shape index (κ3) is 2.88. The number of carbonyl (C=O) groups is 1. The zero-order valence-electron chi connectivity index (χ0n) is 11.7. The number of halogens is 1. The molecule has 1 aliphatic rings. The molecule has 0 radical (unpaired) electrons. The Balaban J connectivity index is 0.00000161. The first-order valence-electron chi connectivity index (χ1n) is 6.60. The molecule has 0 amide bonds. The van der Waals surface area contributed by atoms with Gasteiger partial charge in [-0.05, 0) is 18.6 Å². The summed E-state index contributed by atoms with van der Waals surface area (Å²) in [5, 5.41) is 9.11. The van der Waals surface area contributed by atoms with Crippen molar-refractivity contribution in [2.24, 2.45) is 5.92 Å². The first kappa shape index (κ1) is 15.4. The molecule has 0 fully saturated rings. The number of hydrogen-bond acceptors (Lipinski definition) is 3. The normalized spacial score (nSPS) is 16.7. The molecule has 0 saturated carbocycles. The molecule has 6 heteroatoms. The van der Waals surface area contributed by atoms with Gasteiger partial charge in [0.25, 0.3) is 0 Å². The van der Waals surface area contributed by atoms with Crippen LogP contribution in [0.25, 0.3) is 11.4 Å². The predicted octanol–water partition coefficient (Wildman–Crippen LogP) is 2.63. The number of fused-ring (bicyclic) bond motifs is 1. The topological polar surface area (TPSA) is 64.4 Å². The molecule has 0 bridgehead atoms. The van der Waals surface area contributed by atoms with E-state index in [4.69, 9.17) is 9.84 Å². The minimum atomic E-state index is -0.722. The second-order valence-corrected chi connectivity index (χ2v) is 4.98. The number of nitrogens with zero attached hydrogens (tertiary/aromatic N) is 2. The van der Waals surface area contributed by atoms with Crippen LogP contribution >= 0.6 is 12.4 Å². The van der Waals surface area contributed by atoms with Crippen LogP contribution in [0.5, 0.6) is 5.75 Å². The molecule has 112 valence electrons. The van der Waals surface area contributed by atoms with Gasteiger partial charge in [-0.25, -0.2) is 4.98 Å². The number of methoxy groups -OCH3 is 1. The summed E-state index contributed by atoms with van der Waals surface area (Å²) in [5.74, 6) is 0.652. The second-order valence-electron chi connectivity index (χ2n) is 4.98. The fourth-order valence-corrected chi connectivity index (χ4v) is 2.67. The van der Waals surface area contributed by atoms with E-state index in [0.717, 1.165) is 22.8 Å². The van der Waals surface area contributed by atoms with Gasteiger partial charge in [-0.15, -0.1) is 12.4 Å². The van der Waals surface area contributed by atoms with Crippen LogP contribution in [0.2, 0.25) is 0 Å². The molecule has 1 N–H and O–H groups in total. The van der Waals surface area contributed by atoms with Crippen molar-refractivity contribution < 1.29 is 14.6 Å². The summed E-state index contributed by atoms with van der Waals surface area (Å²) >= 11 is 0. The minimum absolute atomic E-state index is 0. The third-order valence-electron chi connectivity index (χ3n) is 3.77. The van der Waals surface area contributed by atoms with Gasteiger partial charge in [0.15, 0.2) is 0 Å². The zero-order valence-corrected chi connectivity index (χ0v) is 12.5. The van der Waals surface area contributed by atoms with Gasteiger partial charge >= 0.3 is 5.97 Å². The number of imidazole rings is 1. The molecule has 0 saturated heterocycles. The average molecular weight is 309 g/mol. The summed E-state index contributed by atoms with van der Waals surface area (Å²) in [5.41, 5.74) is 1.98. The Morgan fingerprint density at radius 1 is 1.48 bits per heavy atom. The van der Waals surface area contributed by atoms with Gasteiger partial charge < -0.3 is 14.4 Å². The highest BCUT2D eigenvalue weighted by Crippen LogP contribution is 2.28. The van der Waals surface area contributed by atoms with E-state index in [0.29, 0.717) is 19.4 Å². The molecule has 0 aliphatic carbocycles. The van der Waals surface area contributed by atoms with E-state index < -0.39 is 5.97 Å². The lowest BCUT2D eigenvalue weighted by Gasteiger charge is -2.22. The van der Waals surface area contributed by atoms with Crippen LogP contribution in [-0.2, 0) is 17.8 Å². The van der Waals surface area contributed by atoms with Crippen LogP contribution in [0, 0.1) is 5.92 Å². The number of rotatable bonds is 3. The highest BCUT2D eigenvalue weighted by Gasteiger charge is 2.26. The van der Waals surface area contributed by atoms with Gasteiger partial charge in [0.1, 0.15) is 11.6 Å². The Morgan fingerprint density at radius 3 is 3.00 bits per heavy atom. The first-order valence-corrected chi connectivity index (χ1v) is 6.60. The summed E-state index contributed by atoms with van der Waals surface area (Å²) in [7, 11) is 1.64. The van der Waals surface area contributed by atoms with Gasteiger partial charge in [0.05, 0.1) is 13.0 Å². The van der Waals surface area contributed by atoms with Crippen molar-refractivity contribution in [2.45, 2.75) is 19.4 Å². The van der Waals surface area contributed by atoms with Crippen LogP contribution in [-0.4, -0.2) is 27.7 Å². The summed E-state index contributed by atoms with van der Waals surface area (Å²) in [6, 6.07) is 7.75. The van der Waals surface area contributed by atoms with E-state index in [1.54, 1.807) is 13.3 Å². The average Bonchev–Trinajstić information content (AvgIpc) is 2.90. The maximum absolute atomic E-state index is 11.1. The minimum Gasteiger partial charge on any atom is -0.497 e. The lowest BCUT2D eigenvalue weighted by atomic mass is 9.96. The molecule has 1 unspecified atom stereocenters. The van der Waals surface area contributed by atoms with Crippen molar-refractivity contribution in [3.05, 3.63) is 36.2 Å². The van der Waals surface area contributed by atoms with Gasteiger partial charge in [-0.3, -0.25) is 4.79 Å². The molecule has 1 aromatic carbocycles. The molecule has 21 heavy (non-hydrogen) atoms. The molecule has 1 aromatic heterocycles. The smallest absolute Gasteiger partial charge is 0.306 e. The molecule has 1 atom stereocenters. The SMILES string of the molecule is COc1cccc(-c2ncc3n2CCC(C(=O)O)C3)c1.Cl. The van der Waals surface area contributed by atoms with Crippen LogP contribution in [0.3, 0.4) is 0 Å². The van der Waals surface area contributed by atoms with Crippen molar-refractivity contribution in [3.63, 3.8) is 0 Å². The zero-order chi connectivity index (χ0) is 14.1. The predicted molar refractivity (Wildman–Crippen MR) is 80.9 cm³/mol. The number of hydrogen-bond donors (Lipinski definition) is 1. The van der Waals surface area contributed by atoms with Crippen molar-refractivity contribution in [1.82, 2.24) is 9.55 Å². The maximum atomic E-state index is 11.1. The van der Waals surface area contributed by atoms with Crippen molar-refractivity contribution in [2.75, 3.05) is 7.11 Å². The lowest BCUT2D eigenvalue weighted by molar-refractivity contribution is -0.142. The Kier molecular flexibility index (Phi) is 4.53. The van der Waals surface area contributed by atoms with E-state index in [-0.39, 0.29) is 18.3 Å². The van der Waals surface area contributed by atoms with Crippen molar-refractivity contribution in [1.29, 1.82) is 0 Å². The van der Waals surface area contributed by atoms with E-state index in [9.17, 15) is 4.79 Å². The van der Waals surface area contributed by atoms with Gasteiger partial charge in [0, 0.05) is 30.4 Å². The van der Waals surface area contributed by atoms with Crippen LogP contribution < -0.4 is 4.74 Å². The Hall–Kier alpha value is -2.01. The van der Waals surface area contributed by atoms with Crippen LogP contribution in [0.15, 0.2) is 30.5 Å². The summed E-state index contributed by atoms with van der Waals surface area (Å²) in [6.07, 6.45) is 2.98. The van der Waals surface area contributed by atoms with E-state index in [1.165, 1.54) is 0 Å². The number of aliphatic carboxylic acids is 1. The van der Waals surface area contributed by atoms with E-state index in [1.807, 2.05) is 24.3 Å². The number of aromatic nitrogens is 2. The first-order chi connectivity index (χ1) is 9.69. The molecule has 3 rings (SSSR count). The standard InChI is InChI=1S/C15H16N2O3.ClH/c1-20-13-4-2-3-10(8-13)14-16-9-12-7-11(15(18)19)5-6-17(12)14;/h2-4,8-9,11H,5-7H2,1H3,(H,18,19);1H. The Bertz CT molecular complexity index is 654. The van der Waals surface area contributed by atoms with Crippen LogP contribution in [0.4, 0.5) is 0 Å². The second kappa shape index (κ2) is 6.18. The van der Waals surface area contributed by atoms with E-state index in [2.05, 4.69) is 9.55 Å². The number of carboxylic acids is 1. The van der Waals surface area contributed by atoms with Crippen LogP contribution in [0.1, 0.15) is 12.1 Å². The molecular weight excluding hydrogens is 292 g/mol. The number of benzene rings is 1. The molecule has 0 spiro atoms. The molecule has 1 aliphatic heterocycles. The highest BCUT2D eigenvalue weighted by atomic mass is 35.5. The molecule has 2 heterocycles. The monoisotopic (exact) mass is 308 g/mol. The number of ether oxygens (including phenoxy) is 1. The lowest BCUT2D eigenvalue weighted by Crippen LogP contribution is -2.25. The van der Waals surface area contributed by atoms with E-state index >= 15 is 0 Å². The fraction of sp³-hybridized carbons (Fsp3) is 0.333. The van der Waals surface area contributed by atoms with Crippen molar-refractivity contribution >= 4 is 18.4 Å². The summed E-state index contributed by atoms with van der Waals surface area (Å²) < 4.78 is 7.34. The van der Waals surface area contributed by atoms with Gasteiger partial charge in [-0.2, -0.15) is 0 Å². The molecule has 5 nitrogen and oxygen atoms in total. The Labute approximate surface area is 129 Å². The fourth-order valence-electron chi connectivity index (χ4n) is 2.67. The van der Waals surface area contributed by atoms with Crippen molar-refractivity contribution in [3.8, 4) is 17.1 Å². The van der Waals surface area contributed by atoms with Gasteiger partial charge in [0.2, 0.25) is 0 Å².